The Bertz CT molecular complexity index is 288. The van der Waals surface area contributed by atoms with E-state index in [1.54, 1.807) is 0 Å². The van der Waals surface area contributed by atoms with Gasteiger partial charge in [0, 0.05) is 35.4 Å². The van der Waals surface area contributed by atoms with E-state index in [-0.39, 0.29) is 17.6 Å². The van der Waals surface area contributed by atoms with Crippen LogP contribution in [0.4, 0.5) is 0 Å². The van der Waals surface area contributed by atoms with Crippen molar-refractivity contribution >= 4 is 34.8 Å². The van der Waals surface area contributed by atoms with Gasteiger partial charge in [-0.15, -0.1) is 34.8 Å². The molecule has 2 bridgehead atoms. The van der Waals surface area contributed by atoms with Crippen LogP contribution in [0, 0.1) is 23.7 Å². The molecule has 0 aromatic heterocycles. The van der Waals surface area contributed by atoms with E-state index in [0.29, 0.717) is 35.4 Å². The maximum atomic E-state index is 6.20. The lowest BCUT2D eigenvalue weighted by Gasteiger charge is -2.39. The molecule has 0 aromatic carbocycles. The molecule has 3 aliphatic heterocycles. The Balaban J connectivity index is 1.97. The first kappa shape index (κ1) is 11.9. The van der Waals surface area contributed by atoms with E-state index in [9.17, 15) is 0 Å². The fraction of sp³-hybridized carbons (Fsp3) is 1.00. The zero-order chi connectivity index (χ0) is 11.3. The molecule has 6 atom stereocenters. The minimum Gasteiger partial charge on any atom is -0.381 e. The topological polar surface area (TPSA) is 18.5 Å². The van der Waals surface area contributed by atoms with Gasteiger partial charge in [0.25, 0.3) is 0 Å². The molecule has 3 fully saturated rings. The number of fused-ring (bicyclic) bond motifs is 5. The molecule has 0 radical (unpaired) electrons. The van der Waals surface area contributed by atoms with Gasteiger partial charge in [-0.05, 0) is 0 Å². The number of hydrogen-bond donors (Lipinski definition) is 0. The van der Waals surface area contributed by atoms with Gasteiger partial charge < -0.3 is 9.47 Å². The van der Waals surface area contributed by atoms with Crippen LogP contribution in [0.3, 0.4) is 0 Å². The van der Waals surface area contributed by atoms with Crippen molar-refractivity contribution in [2.45, 2.75) is 11.7 Å². The van der Waals surface area contributed by atoms with Crippen LogP contribution in [0.25, 0.3) is 0 Å². The van der Waals surface area contributed by atoms with E-state index in [2.05, 4.69) is 0 Å². The fourth-order valence-corrected chi connectivity index (χ4v) is 5.20. The lowest BCUT2D eigenvalue weighted by Crippen LogP contribution is -2.50. The Kier molecular flexibility index (Phi) is 3.09. The minimum absolute atomic E-state index is 0.201. The highest BCUT2D eigenvalue weighted by Crippen LogP contribution is 2.59. The summed E-state index contributed by atoms with van der Waals surface area (Å²) in [6, 6.07) is 0. The van der Waals surface area contributed by atoms with Gasteiger partial charge in [-0.2, -0.15) is 0 Å². The zero-order valence-corrected chi connectivity index (χ0v) is 11.1. The highest BCUT2D eigenvalue weighted by Gasteiger charge is 2.68. The second-order valence-electron chi connectivity index (χ2n) is 5.06. The summed E-state index contributed by atoms with van der Waals surface area (Å²) in [5, 5.41) is 0. The third-order valence-electron chi connectivity index (χ3n) is 4.65. The van der Waals surface area contributed by atoms with E-state index in [1.807, 2.05) is 0 Å². The summed E-state index contributed by atoms with van der Waals surface area (Å²) in [6.07, 6.45) is 0.201. The van der Waals surface area contributed by atoms with E-state index in [0.717, 1.165) is 13.2 Å². The Morgan fingerprint density at radius 3 is 2.56 bits per heavy atom. The smallest absolute Gasteiger partial charge is 0.0919 e. The monoisotopic (exact) mass is 284 g/mol. The predicted octanol–water partition coefficient (Wildman–Crippen LogP) is 2.35. The van der Waals surface area contributed by atoms with Gasteiger partial charge in [0.15, 0.2) is 0 Å². The van der Waals surface area contributed by atoms with Crippen LogP contribution in [0.2, 0.25) is 0 Å². The number of halogens is 3. The van der Waals surface area contributed by atoms with Gasteiger partial charge in [0.2, 0.25) is 0 Å². The molecule has 3 heterocycles. The van der Waals surface area contributed by atoms with Crippen molar-refractivity contribution in [3.8, 4) is 0 Å². The summed E-state index contributed by atoms with van der Waals surface area (Å²) in [4.78, 5) is 0. The maximum Gasteiger partial charge on any atom is 0.0919 e. The van der Waals surface area contributed by atoms with Crippen molar-refractivity contribution in [1.29, 1.82) is 0 Å². The van der Waals surface area contributed by atoms with Crippen LogP contribution in [-0.2, 0) is 9.47 Å². The Hall–Kier alpha value is 0.790. The first-order valence-electron chi connectivity index (χ1n) is 5.72. The summed E-state index contributed by atoms with van der Waals surface area (Å²) < 4.78 is 11.8. The van der Waals surface area contributed by atoms with Gasteiger partial charge in [-0.25, -0.2) is 0 Å². The molecule has 0 spiro atoms. The molecular formula is C11H15Cl3O2. The molecule has 3 aliphatic rings. The molecule has 0 aromatic rings. The van der Waals surface area contributed by atoms with Crippen LogP contribution in [0.1, 0.15) is 0 Å². The van der Waals surface area contributed by atoms with E-state index in [4.69, 9.17) is 44.3 Å². The van der Waals surface area contributed by atoms with Crippen LogP contribution >= 0.6 is 34.8 Å². The van der Waals surface area contributed by atoms with Gasteiger partial charge in [-0.3, -0.25) is 0 Å². The Labute approximate surface area is 111 Å². The first-order chi connectivity index (χ1) is 7.78. The largest absolute Gasteiger partial charge is 0.381 e. The second-order valence-corrected chi connectivity index (χ2v) is 5.94. The highest BCUT2D eigenvalue weighted by atomic mass is 35.5. The van der Waals surface area contributed by atoms with Gasteiger partial charge in [0.05, 0.1) is 30.8 Å². The van der Waals surface area contributed by atoms with E-state index in [1.165, 1.54) is 0 Å². The van der Waals surface area contributed by atoms with Gasteiger partial charge >= 0.3 is 0 Å². The minimum atomic E-state index is -0.283. The third-order valence-corrected chi connectivity index (χ3v) is 5.76. The summed E-state index contributed by atoms with van der Waals surface area (Å²) in [6.45, 7) is 1.55. The SMILES string of the molecule is ClC[C@H]1[C@H]2O[C@](CCl)([C@@H]3COC[C@H]23)[C@H]1CCl. The summed E-state index contributed by atoms with van der Waals surface area (Å²) >= 11 is 18.3. The lowest BCUT2D eigenvalue weighted by atomic mass is 9.64. The van der Waals surface area contributed by atoms with Crippen molar-refractivity contribution in [2.75, 3.05) is 30.9 Å². The van der Waals surface area contributed by atoms with E-state index >= 15 is 0 Å². The number of alkyl halides is 3. The van der Waals surface area contributed by atoms with Gasteiger partial charge in [0.1, 0.15) is 0 Å². The number of ether oxygens (including phenoxy) is 2. The summed E-state index contributed by atoms with van der Waals surface area (Å²) in [5.74, 6) is 3.17. The predicted molar refractivity (Wildman–Crippen MR) is 64.5 cm³/mol. The molecule has 0 unspecified atom stereocenters. The van der Waals surface area contributed by atoms with Crippen molar-refractivity contribution in [3.05, 3.63) is 0 Å². The molecule has 0 amide bonds. The highest BCUT2D eigenvalue weighted by molar-refractivity contribution is 6.20. The molecule has 5 heteroatoms. The van der Waals surface area contributed by atoms with Crippen LogP contribution in [-0.4, -0.2) is 42.6 Å². The molecule has 2 nitrogen and oxygen atoms in total. The molecule has 3 saturated heterocycles. The average Bonchev–Trinajstić information content (AvgIpc) is 2.96. The quantitative estimate of drug-likeness (QED) is 0.741. The zero-order valence-electron chi connectivity index (χ0n) is 8.87. The van der Waals surface area contributed by atoms with Gasteiger partial charge in [-0.1, -0.05) is 0 Å². The number of rotatable bonds is 3. The van der Waals surface area contributed by atoms with Crippen LogP contribution < -0.4 is 0 Å². The molecule has 3 rings (SSSR count). The molecule has 0 N–H and O–H groups in total. The Morgan fingerprint density at radius 1 is 1.12 bits per heavy atom. The number of hydrogen-bond acceptors (Lipinski definition) is 2. The molecule has 92 valence electrons. The lowest BCUT2D eigenvalue weighted by molar-refractivity contribution is -0.0305. The standard InChI is InChI=1S/C11H15Cl3O2/c12-1-6-8(2-13)11(5-14)9-4-15-3-7(9)10(6)16-11/h6-10H,1-5H2/t6-,7+,8+,9-,10-,11+/m1/s1. The van der Waals surface area contributed by atoms with Crippen molar-refractivity contribution in [3.63, 3.8) is 0 Å². The maximum absolute atomic E-state index is 6.20. The van der Waals surface area contributed by atoms with E-state index < -0.39 is 0 Å². The summed E-state index contributed by atoms with van der Waals surface area (Å²) in [5.41, 5.74) is -0.283. The van der Waals surface area contributed by atoms with Crippen LogP contribution in [0.5, 0.6) is 0 Å². The van der Waals surface area contributed by atoms with Crippen molar-refractivity contribution in [1.82, 2.24) is 0 Å². The summed E-state index contributed by atoms with van der Waals surface area (Å²) in [7, 11) is 0. The molecular weight excluding hydrogens is 270 g/mol. The Morgan fingerprint density at radius 2 is 1.94 bits per heavy atom. The molecule has 0 aliphatic carbocycles. The normalized spacial score (nSPS) is 54.6. The fourth-order valence-electron chi connectivity index (χ4n) is 3.85. The third kappa shape index (κ3) is 1.28. The average molecular weight is 286 g/mol. The van der Waals surface area contributed by atoms with Crippen LogP contribution in [0.15, 0.2) is 0 Å². The molecule has 0 saturated carbocycles. The molecule has 16 heavy (non-hydrogen) atoms. The van der Waals surface area contributed by atoms with Crippen molar-refractivity contribution in [2.24, 2.45) is 23.7 Å². The van der Waals surface area contributed by atoms with Crippen molar-refractivity contribution < 1.29 is 9.47 Å². The second kappa shape index (κ2) is 4.17. The first-order valence-corrected chi connectivity index (χ1v) is 7.32.